The predicted molar refractivity (Wildman–Crippen MR) is 182 cm³/mol. The quantitative estimate of drug-likeness (QED) is 0.298. The molecule has 0 saturated carbocycles. The van der Waals surface area contributed by atoms with Gasteiger partial charge < -0.3 is 29.7 Å². The summed E-state index contributed by atoms with van der Waals surface area (Å²) < 4.78 is 5.94. The maximum absolute atomic E-state index is 13.6. The highest BCUT2D eigenvalue weighted by Gasteiger charge is 2.47. The van der Waals surface area contributed by atoms with E-state index in [1.54, 1.807) is 0 Å². The minimum Gasteiger partial charge on any atom is -0.444 e. The van der Waals surface area contributed by atoms with Gasteiger partial charge in [0.05, 0.1) is 0 Å². The fourth-order valence-electron chi connectivity index (χ4n) is 8.00. The first kappa shape index (κ1) is 38.2. The summed E-state index contributed by atoms with van der Waals surface area (Å²) >= 11 is 0. The van der Waals surface area contributed by atoms with Gasteiger partial charge in [-0.3, -0.25) is 9.80 Å². The Kier molecular flexibility index (Phi) is 15.7. The third-order valence-corrected chi connectivity index (χ3v) is 10.2. The van der Waals surface area contributed by atoms with Crippen molar-refractivity contribution in [1.29, 1.82) is 0 Å². The van der Waals surface area contributed by atoms with Crippen molar-refractivity contribution in [3.8, 4) is 0 Å². The number of nitrogens with one attached hydrogen (secondary N) is 1. The van der Waals surface area contributed by atoms with Gasteiger partial charge in [0.2, 0.25) is 0 Å². The van der Waals surface area contributed by atoms with Crippen LogP contribution in [0.15, 0.2) is 0 Å². The molecule has 0 aromatic rings. The van der Waals surface area contributed by atoms with Gasteiger partial charge in [-0.25, -0.2) is 4.79 Å². The highest BCUT2D eigenvalue weighted by molar-refractivity contribution is 5.68. The Morgan fingerprint density at radius 1 is 0.651 bits per heavy atom. The lowest BCUT2D eigenvalue weighted by Gasteiger charge is -2.51. The van der Waals surface area contributed by atoms with E-state index in [2.05, 4.69) is 90.1 Å². The van der Waals surface area contributed by atoms with Crippen LogP contribution in [0.5, 0.6) is 0 Å². The summed E-state index contributed by atoms with van der Waals surface area (Å²) in [6.45, 7) is 40.9. The largest absolute Gasteiger partial charge is 0.444 e. The SMILES string of the molecule is CCN1CCN(CC)CC(CC(CC2(N(CC)CC)CN(CC)CCN(CC)C2)NC(=O)OC(C)(C)C)(N(CC)CC)C1. The molecule has 2 heterocycles. The monoisotopic (exact) mass is 610 g/mol. The van der Waals surface area contributed by atoms with Crippen LogP contribution in [0.2, 0.25) is 0 Å². The first-order valence-electron chi connectivity index (χ1n) is 17.8. The normalized spacial score (nSPS) is 21.3. The summed E-state index contributed by atoms with van der Waals surface area (Å²) in [5.41, 5.74) is -0.687. The van der Waals surface area contributed by atoms with E-state index in [-0.39, 0.29) is 23.2 Å². The first-order valence-corrected chi connectivity index (χ1v) is 17.8. The standard InChI is InChI=1S/C34H71N7O2/c1-12-36-20-21-37(13-2)27-33(26-36,40(16-5)17-6)24-30(35-31(42)43-32(9,10)11)25-34(41(18-7)19-8)28-38(14-3)22-23-39(15-4)29-34/h30H,12-29H2,1-11H3,(H,35,42). The van der Waals surface area contributed by atoms with Crippen molar-refractivity contribution in [2.24, 2.45) is 0 Å². The molecule has 254 valence electrons. The second-order valence-corrected chi connectivity index (χ2v) is 14.0. The van der Waals surface area contributed by atoms with Gasteiger partial charge in [-0.05, 0) is 86.0 Å². The van der Waals surface area contributed by atoms with E-state index in [1.807, 2.05) is 20.8 Å². The molecule has 1 N–H and O–H groups in total. The number of hydrogen-bond acceptors (Lipinski definition) is 8. The second kappa shape index (κ2) is 17.7. The van der Waals surface area contributed by atoms with Gasteiger partial charge in [0.1, 0.15) is 5.60 Å². The molecular formula is C34H71N7O2. The molecule has 0 aliphatic carbocycles. The van der Waals surface area contributed by atoms with E-state index < -0.39 is 5.60 Å². The smallest absolute Gasteiger partial charge is 0.407 e. The number of likely N-dealkylation sites (N-methyl/N-ethyl adjacent to an activating group) is 6. The number of hydrogen-bond donors (Lipinski definition) is 1. The second-order valence-electron chi connectivity index (χ2n) is 14.0. The lowest BCUT2D eigenvalue weighted by molar-refractivity contribution is 0.00229. The van der Waals surface area contributed by atoms with E-state index in [0.29, 0.717) is 0 Å². The van der Waals surface area contributed by atoms with Crippen molar-refractivity contribution < 1.29 is 9.53 Å². The summed E-state index contributed by atoms with van der Waals surface area (Å²) in [5, 5.41) is 3.51. The summed E-state index contributed by atoms with van der Waals surface area (Å²) in [7, 11) is 0. The minimum absolute atomic E-state index is 0.0259. The molecule has 0 spiro atoms. The summed E-state index contributed by atoms with van der Waals surface area (Å²) in [4.78, 5) is 29.5. The van der Waals surface area contributed by atoms with E-state index in [4.69, 9.17) is 4.74 Å². The first-order chi connectivity index (χ1) is 20.4. The van der Waals surface area contributed by atoms with Crippen LogP contribution in [0.25, 0.3) is 0 Å². The van der Waals surface area contributed by atoms with Crippen molar-refractivity contribution in [2.45, 2.75) is 112 Å². The Balaban J connectivity index is 2.68. The van der Waals surface area contributed by atoms with Crippen molar-refractivity contribution in [3.63, 3.8) is 0 Å². The average molecular weight is 610 g/mol. The number of ether oxygens (including phenoxy) is 1. The molecule has 9 nitrogen and oxygen atoms in total. The molecule has 0 aromatic heterocycles. The third kappa shape index (κ3) is 10.8. The van der Waals surface area contributed by atoms with Crippen LogP contribution in [0.3, 0.4) is 0 Å². The zero-order chi connectivity index (χ0) is 32.3. The number of alkyl carbamates (subject to hydrolysis) is 1. The maximum Gasteiger partial charge on any atom is 0.407 e. The molecule has 9 heteroatoms. The molecule has 2 saturated heterocycles. The summed E-state index contributed by atoms with van der Waals surface area (Å²) in [6, 6.07) is -0.0259. The van der Waals surface area contributed by atoms with E-state index in [0.717, 1.165) is 118 Å². The number of amides is 1. The number of carbonyl (C=O) groups is 1. The molecule has 0 radical (unpaired) electrons. The van der Waals surface area contributed by atoms with Gasteiger partial charge >= 0.3 is 6.09 Å². The molecule has 1 amide bonds. The van der Waals surface area contributed by atoms with Crippen LogP contribution in [0, 0.1) is 0 Å². The van der Waals surface area contributed by atoms with Crippen molar-refractivity contribution >= 4 is 6.09 Å². The Hall–Kier alpha value is -0.970. The van der Waals surface area contributed by atoms with Crippen LogP contribution >= 0.6 is 0 Å². The van der Waals surface area contributed by atoms with Crippen LogP contribution in [-0.4, -0.2) is 163 Å². The fraction of sp³-hybridized carbons (Fsp3) is 0.971. The van der Waals surface area contributed by atoms with Gasteiger partial charge in [-0.1, -0.05) is 55.4 Å². The zero-order valence-corrected chi connectivity index (χ0v) is 30.3. The topological polar surface area (TPSA) is 57.8 Å². The highest BCUT2D eigenvalue weighted by Crippen LogP contribution is 2.33. The highest BCUT2D eigenvalue weighted by atomic mass is 16.6. The fourth-order valence-corrected chi connectivity index (χ4v) is 8.00. The van der Waals surface area contributed by atoms with Gasteiger partial charge in [-0.15, -0.1) is 0 Å². The zero-order valence-electron chi connectivity index (χ0n) is 30.3. The van der Waals surface area contributed by atoms with Gasteiger partial charge in [0.15, 0.2) is 0 Å². The van der Waals surface area contributed by atoms with Gasteiger partial charge in [-0.2, -0.15) is 0 Å². The van der Waals surface area contributed by atoms with Crippen LogP contribution < -0.4 is 5.32 Å². The number of rotatable bonds is 15. The van der Waals surface area contributed by atoms with E-state index in [9.17, 15) is 4.79 Å². The molecule has 0 bridgehead atoms. The van der Waals surface area contributed by atoms with Crippen LogP contribution in [0.4, 0.5) is 4.79 Å². The summed E-state index contributed by atoms with van der Waals surface area (Å²) in [5.74, 6) is 0. The molecule has 0 aromatic carbocycles. The predicted octanol–water partition coefficient (Wildman–Crippen LogP) is 4.14. The average Bonchev–Trinajstić information content (AvgIpc) is 3.25. The molecule has 43 heavy (non-hydrogen) atoms. The summed E-state index contributed by atoms with van der Waals surface area (Å²) in [6.07, 6.45) is 1.52. The Morgan fingerprint density at radius 3 is 1.19 bits per heavy atom. The molecule has 0 atom stereocenters. The van der Waals surface area contributed by atoms with Crippen molar-refractivity contribution in [1.82, 2.24) is 34.7 Å². The molecule has 2 aliphatic rings. The molecular weight excluding hydrogens is 538 g/mol. The number of nitrogens with zero attached hydrogens (tertiary/aromatic N) is 6. The van der Waals surface area contributed by atoms with Crippen molar-refractivity contribution in [2.75, 3.05) is 105 Å². The van der Waals surface area contributed by atoms with Crippen LogP contribution in [0.1, 0.15) is 89.0 Å². The van der Waals surface area contributed by atoms with E-state index >= 15 is 0 Å². The van der Waals surface area contributed by atoms with Crippen LogP contribution in [-0.2, 0) is 4.74 Å². The Morgan fingerprint density at radius 2 is 0.953 bits per heavy atom. The lowest BCUT2D eigenvalue weighted by Crippen LogP contribution is -2.65. The Bertz CT molecular complexity index is 718. The minimum atomic E-state index is -0.539. The third-order valence-electron chi connectivity index (χ3n) is 10.2. The molecule has 0 unspecified atom stereocenters. The van der Waals surface area contributed by atoms with Crippen molar-refractivity contribution in [3.05, 3.63) is 0 Å². The molecule has 2 aliphatic heterocycles. The lowest BCUT2D eigenvalue weighted by atomic mass is 9.80. The van der Waals surface area contributed by atoms with Gasteiger partial charge in [0, 0.05) is 69.5 Å². The van der Waals surface area contributed by atoms with Gasteiger partial charge in [0.25, 0.3) is 0 Å². The number of carbonyl (C=O) groups excluding carboxylic acids is 1. The molecule has 2 fully saturated rings. The Labute approximate surface area is 266 Å². The van der Waals surface area contributed by atoms with E-state index in [1.165, 1.54) is 0 Å². The maximum atomic E-state index is 13.6. The molecule has 2 rings (SSSR count).